The summed E-state index contributed by atoms with van der Waals surface area (Å²) < 4.78 is 23.9. The molecule has 0 atom stereocenters. The van der Waals surface area contributed by atoms with Crippen LogP contribution in [-0.4, -0.2) is 20.1 Å². The van der Waals surface area contributed by atoms with Crippen molar-refractivity contribution in [2.75, 3.05) is 14.2 Å². The monoisotopic (exact) mass is 367 g/mol. The summed E-state index contributed by atoms with van der Waals surface area (Å²) in [6.07, 6.45) is 0. The Hall–Kier alpha value is -2.08. The minimum Gasteiger partial charge on any atom is -0.495 e. The summed E-state index contributed by atoms with van der Waals surface area (Å²) in [5, 5.41) is 2.77. The number of nitrogens with one attached hydrogen (secondary N) is 1. The Morgan fingerprint density at radius 1 is 1.14 bits per heavy atom. The van der Waals surface area contributed by atoms with Crippen LogP contribution in [0.1, 0.15) is 15.9 Å². The predicted molar refractivity (Wildman–Crippen MR) is 84.8 cm³/mol. The second kappa shape index (κ2) is 7.26. The average molecular weight is 368 g/mol. The summed E-state index contributed by atoms with van der Waals surface area (Å²) in [6, 6.07) is 9.19. The average Bonchev–Trinajstić information content (AvgIpc) is 2.54. The molecule has 0 saturated heterocycles. The predicted octanol–water partition coefficient (Wildman–Crippen LogP) is 3.54. The molecule has 2 aromatic rings. The van der Waals surface area contributed by atoms with E-state index in [1.165, 1.54) is 26.4 Å². The number of carbonyl (C=O) groups is 1. The SMILES string of the molecule is COc1cc(C(=O)NCc2ccc(F)cc2)cc(OC)c1Br. The standard InChI is InChI=1S/C16H15BrFNO3/c1-21-13-7-11(8-14(22-2)15(13)17)16(20)19-9-10-3-5-12(18)6-4-10/h3-8H,9H2,1-2H3,(H,19,20). The molecular formula is C16H15BrFNO3. The highest BCUT2D eigenvalue weighted by Crippen LogP contribution is 2.35. The number of carbonyl (C=O) groups excluding carboxylic acids is 1. The fourth-order valence-electron chi connectivity index (χ4n) is 1.89. The second-order valence-electron chi connectivity index (χ2n) is 4.50. The first-order valence-electron chi connectivity index (χ1n) is 6.49. The molecule has 0 bridgehead atoms. The van der Waals surface area contributed by atoms with Crippen molar-refractivity contribution in [3.8, 4) is 11.5 Å². The van der Waals surface area contributed by atoms with E-state index in [4.69, 9.17) is 9.47 Å². The molecule has 2 rings (SSSR count). The number of ether oxygens (including phenoxy) is 2. The third-order valence-corrected chi connectivity index (χ3v) is 3.86. The zero-order valence-electron chi connectivity index (χ0n) is 12.2. The summed E-state index contributed by atoms with van der Waals surface area (Å²) >= 11 is 3.35. The quantitative estimate of drug-likeness (QED) is 0.879. The maximum atomic E-state index is 12.8. The van der Waals surface area contributed by atoms with Gasteiger partial charge in [-0.2, -0.15) is 0 Å². The highest BCUT2D eigenvalue weighted by atomic mass is 79.9. The molecule has 1 amide bonds. The number of benzene rings is 2. The van der Waals surface area contributed by atoms with Crippen molar-refractivity contribution in [1.82, 2.24) is 5.32 Å². The Morgan fingerprint density at radius 3 is 2.18 bits per heavy atom. The minimum atomic E-state index is -0.308. The van der Waals surface area contributed by atoms with E-state index in [0.717, 1.165) is 5.56 Å². The molecule has 0 aliphatic rings. The summed E-state index contributed by atoms with van der Waals surface area (Å²) in [7, 11) is 3.03. The van der Waals surface area contributed by atoms with Crippen molar-refractivity contribution in [3.05, 3.63) is 57.8 Å². The van der Waals surface area contributed by atoms with Gasteiger partial charge in [0.15, 0.2) is 0 Å². The van der Waals surface area contributed by atoms with Gasteiger partial charge in [-0.05, 0) is 45.8 Å². The zero-order valence-corrected chi connectivity index (χ0v) is 13.7. The molecule has 0 radical (unpaired) electrons. The number of rotatable bonds is 5. The summed E-state index contributed by atoms with van der Waals surface area (Å²) in [4.78, 5) is 12.2. The first kappa shape index (κ1) is 16.3. The second-order valence-corrected chi connectivity index (χ2v) is 5.30. The van der Waals surface area contributed by atoms with Crippen molar-refractivity contribution in [1.29, 1.82) is 0 Å². The van der Waals surface area contributed by atoms with Gasteiger partial charge < -0.3 is 14.8 Å². The van der Waals surface area contributed by atoms with E-state index in [1.54, 1.807) is 24.3 Å². The van der Waals surface area contributed by atoms with Crippen LogP contribution in [0.4, 0.5) is 4.39 Å². The highest BCUT2D eigenvalue weighted by molar-refractivity contribution is 9.10. The number of hydrogen-bond donors (Lipinski definition) is 1. The van der Waals surface area contributed by atoms with Crippen molar-refractivity contribution >= 4 is 21.8 Å². The van der Waals surface area contributed by atoms with Crippen molar-refractivity contribution in [2.24, 2.45) is 0 Å². The van der Waals surface area contributed by atoms with E-state index in [1.807, 2.05) is 0 Å². The van der Waals surface area contributed by atoms with Crippen LogP contribution in [0.25, 0.3) is 0 Å². The fourth-order valence-corrected chi connectivity index (χ4v) is 2.44. The maximum Gasteiger partial charge on any atom is 0.251 e. The van der Waals surface area contributed by atoms with Gasteiger partial charge in [-0.15, -0.1) is 0 Å². The van der Waals surface area contributed by atoms with Crippen LogP contribution >= 0.6 is 15.9 Å². The zero-order chi connectivity index (χ0) is 16.1. The number of hydrogen-bond acceptors (Lipinski definition) is 3. The molecule has 0 aliphatic carbocycles. The van der Waals surface area contributed by atoms with Gasteiger partial charge in [0.2, 0.25) is 0 Å². The molecule has 2 aromatic carbocycles. The van der Waals surface area contributed by atoms with E-state index in [-0.39, 0.29) is 11.7 Å². The van der Waals surface area contributed by atoms with Crippen LogP contribution < -0.4 is 14.8 Å². The Labute approximate surface area is 136 Å². The summed E-state index contributed by atoms with van der Waals surface area (Å²) in [5.74, 6) is 0.434. The van der Waals surface area contributed by atoms with E-state index in [9.17, 15) is 9.18 Å². The Balaban J connectivity index is 2.13. The van der Waals surface area contributed by atoms with Crippen LogP contribution in [0.3, 0.4) is 0 Å². The van der Waals surface area contributed by atoms with Crippen LogP contribution in [0.15, 0.2) is 40.9 Å². The molecule has 0 saturated carbocycles. The minimum absolute atomic E-state index is 0.270. The first-order chi connectivity index (χ1) is 10.5. The number of methoxy groups -OCH3 is 2. The van der Waals surface area contributed by atoms with E-state index < -0.39 is 0 Å². The molecule has 0 spiro atoms. The molecule has 0 heterocycles. The Bertz CT molecular complexity index is 649. The van der Waals surface area contributed by atoms with Crippen molar-refractivity contribution in [2.45, 2.75) is 6.54 Å². The molecule has 1 N–H and O–H groups in total. The lowest BCUT2D eigenvalue weighted by Gasteiger charge is -2.12. The lowest BCUT2D eigenvalue weighted by atomic mass is 10.1. The van der Waals surface area contributed by atoms with Crippen LogP contribution in [0, 0.1) is 5.82 Å². The maximum absolute atomic E-state index is 12.8. The normalized spacial score (nSPS) is 10.2. The summed E-state index contributed by atoms with van der Waals surface area (Å²) in [6.45, 7) is 0.305. The van der Waals surface area contributed by atoms with Gasteiger partial charge >= 0.3 is 0 Å². The molecule has 4 nitrogen and oxygen atoms in total. The third-order valence-electron chi connectivity index (χ3n) is 3.07. The molecule has 0 fully saturated rings. The lowest BCUT2D eigenvalue weighted by molar-refractivity contribution is 0.0950. The molecule has 0 unspecified atom stereocenters. The van der Waals surface area contributed by atoms with Gasteiger partial charge in [0.05, 0.1) is 14.2 Å². The number of amides is 1. The molecular weight excluding hydrogens is 353 g/mol. The van der Waals surface area contributed by atoms with Crippen molar-refractivity contribution in [3.63, 3.8) is 0 Å². The van der Waals surface area contributed by atoms with Gasteiger partial charge in [-0.1, -0.05) is 12.1 Å². The largest absolute Gasteiger partial charge is 0.495 e. The fraction of sp³-hybridized carbons (Fsp3) is 0.188. The topological polar surface area (TPSA) is 47.6 Å². The van der Waals surface area contributed by atoms with E-state index >= 15 is 0 Å². The third kappa shape index (κ3) is 3.76. The smallest absolute Gasteiger partial charge is 0.251 e. The highest BCUT2D eigenvalue weighted by Gasteiger charge is 2.14. The lowest BCUT2D eigenvalue weighted by Crippen LogP contribution is -2.22. The van der Waals surface area contributed by atoms with Gasteiger partial charge in [-0.25, -0.2) is 4.39 Å². The van der Waals surface area contributed by atoms with Gasteiger partial charge in [0.1, 0.15) is 21.8 Å². The molecule has 116 valence electrons. The van der Waals surface area contributed by atoms with Crippen LogP contribution in [0.2, 0.25) is 0 Å². The van der Waals surface area contributed by atoms with Gasteiger partial charge in [-0.3, -0.25) is 4.79 Å². The van der Waals surface area contributed by atoms with Crippen LogP contribution in [0.5, 0.6) is 11.5 Å². The molecule has 6 heteroatoms. The van der Waals surface area contributed by atoms with Crippen LogP contribution in [-0.2, 0) is 6.54 Å². The molecule has 0 aliphatic heterocycles. The van der Waals surface area contributed by atoms with Crippen molar-refractivity contribution < 1.29 is 18.7 Å². The van der Waals surface area contributed by atoms with E-state index in [2.05, 4.69) is 21.2 Å². The summed E-state index contributed by atoms with van der Waals surface area (Å²) in [5.41, 5.74) is 1.23. The molecule has 22 heavy (non-hydrogen) atoms. The Kier molecular flexibility index (Phi) is 5.38. The molecule has 0 aromatic heterocycles. The van der Waals surface area contributed by atoms with Gasteiger partial charge in [0, 0.05) is 12.1 Å². The first-order valence-corrected chi connectivity index (χ1v) is 7.28. The number of halogens is 2. The Morgan fingerprint density at radius 2 is 1.68 bits per heavy atom. The van der Waals surface area contributed by atoms with Gasteiger partial charge in [0.25, 0.3) is 5.91 Å². The van der Waals surface area contributed by atoms with E-state index in [0.29, 0.717) is 28.1 Å².